The van der Waals surface area contributed by atoms with Gasteiger partial charge in [-0.1, -0.05) is 30.3 Å². The number of aryl methyl sites for hydroxylation is 1. The van der Waals surface area contributed by atoms with Crippen LogP contribution in [0.15, 0.2) is 42.5 Å². The lowest BCUT2D eigenvalue weighted by Gasteiger charge is -2.19. The van der Waals surface area contributed by atoms with Crippen molar-refractivity contribution in [3.63, 3.8) is 0 Å². The Hall–Kier alpha value is -0.940. The van der Waals surface area contributed by atoms with Crippen LogP contribution in [0.5, 0.6) is 0 Å². The Morgan fingerprint density at radius 2 is 1.89 bits per heavy atom. The van der Waals surface area contributed by atoms with Gasteiger partial charge in [0.2, 0.25) is 0 Å². The van der Waals surface area contributed by atoms with Crippen molar-refractivity contribution in [2.45, 2.75) is 13.0 Å². The first-order valence-electron chi connectivity index (χ1n) is 5.81. The topological polar surface area (TPSA) is 12.0 Å². The standard InChI is InChI=1S/C15H15FIN/c1-10-7-8-11(9-13(10)16)15(18-2)12-5-3-4-6-14(12)17/h3-9,15,18H,1-2H3. The van der Waals surface area contributed by atoms with Crippen LogP contribution in [0.4, 0.5) is 4.39 Å². The van der Waals surface area contributed by atoms with Gasteiger partial charge in [-0.25, -0.2) is 4.39 Å². The van der Waals surface area contributed by atoms with Gasteiger partial charge in [-0.15, -0.1) is 0 Å². The summed E-state index contributed by atoms with van der Waals surface area (Å²) in [7, 11) is 1.89. The zero-order valence-corrected chi connectivity index (χ0v) is 12.5. The van der Waals surface area contributed by atoms with Crippen molar-refractivity contribution in [1.29, 1.82) is 0 Å². The maximum absolute atomic E-state index is 13.7. The second-order valence-electron chi connectivity index (χ2n) is 4.25. The molecule has 2 rings (SSSR count). The van der Waals surface area contributed by atoms with Crippen LogP contribution in [0, 0.1) is 16.3 Å². The summed E-state index contributed by atoms with van der Waals surface area (Å²) in [4.78, 5) is 0. The molecular formula is C15H15FIN. The SMILES string of the molecule is CNC(c1ccc(C)c(F)c1)c1ccccc1I. The molecule has 0 aliphatic heterocycles. The number of nitrogens with one attached hydrogen (secondary N) is 1. The van der Waals surface area contributed by atoms with Crippen LogP contribution in [0.1, 0.15) is 22.7 Å². The van der Waals surface area contributed by atoms with Gasteiger partial charge in [0.05, 0.1) is 6.04 Å². The average molecular weight is 355 g/mol. The molecule has 0 saturated heterocycles. The van der Waals surface area contributed by atoms with Crippen molar-refractivity contribution in [2.75, 3.05) is 7.05 Å². The third-order valence-electron chi connectivity index (χ3n) is 3.03. The fourth-order valence-electron chi connectivity index (χ4n) is 2.00. The monoisotopic (exact) mass is 355 g/mol. The zero-order valence-electron chi connectivity index (χ0n) is 10.4. The molecule has 0 aromatic heterocycles. The molecule has 1 N–H and O–H groups in total. The van der Waals surface area contributed by atoms with Crippen molar-refractivity contribution in [1.82, 2.24) is 5.32 Å². The van der Waals surface area contributed by atoms with Gasteiger partial charge in [0.15, 0.2) is 0 Å². The fraction of sp³-hybridized carbons (Fsp3) is 0.200. The van der Waals surface area contributed by atoms with Gasteiger partial charge in [-0.3, -0.25) is 0 Å². The number of benzene rings is 2. The Bertz CT molecular complexity index is 554. The first kappa shape index (κ1) is 13.5. The zero-order chi connectivity index (χ0) is 13.1. The van der Waals surface area contributed by atoms with Crippen LogP contribution in [0.25, 0.3) is 0 Å². The summed E-state index contributed by atoms with van der Waals surface area (Å²) >= 11 is 2.31. The van der Waals surface area contributed by atoms with Crippen LogP contribution < -0.4 is 5.32 Å². The Morgan fingerprint density at radius 3 is 2.50 bits per heavy atom. The van der Waals surface area contributed by atoms with E-state index in [-0.39, 0.29) is 11.9 Å². The highest BCUT2D eigenvalue weighted by Crippen LogP contribution is 2.26. The molecule has 94 valence electrons. The van der Waals surface area contributed by atoms with E-state index in [2.05, 4.69) is 40.0 Å². The minimum atomic E-state index is -0.154. The second-order valence-corrected chi connectivity index (χ2v) is 5.41. The predicted molar refractivity (Wildman–Crippen MR) is 81.2 cm³/mol. The van der Waals surface area contributed by atoms with Gasteiger partial charge >= 0.3 is 0 Å². The van der Waals surface area contributed by atoms with Crippen LogP contribution in [0.2, 0.25) is 0 Å². The molecule has 1 nitrogen and oxygen atoms in total. The molecule has 0 bridgehead atoms. The minimum absolute atomic E-state index is 0.0215. The summed E-state index contributed by atoms with van der Waals surface area (Å²) in [5.41, 5.74) is 2.80. The molecule has 3 heteroatoms. The van der Waals surface area contributed by atoms with E-state index in [1.54, 1.807) is 13.0 Å². The number of halogens is 2. The third-order valence-corrected chi connectivity index (χ3v) is 4.02. The molecule has 0 amide bonds. The van der Waals surface area contributed by atoms with Gasteiger partial charge in [0.1, 0.15) is 5.82 Å². The van der Waals surface area contributed by atoms with Crippen LogP contribution in [0.3, 0.4) is 0 Å². The molecule has 0 aliphatic rings. The smallest absolute Gasteiger partial charge is 0.126 e. The summed E-state index contributed by atoms with van der Waals surface area (Å²) in [6.45, 7) is 1.78. The van der Waals surface area contributed by atoms with Gasteiger partial charge in [0.25, 0.3) is 0 Å². The lowest BCUT2D eigenvalue weighted by Crippen LogP contribution is -2.19. The van der Waals surface area contributed by atoms with E-state index in [0.29, 0.717) is 5.56 Å². The van der Waals surface area contributed by atoms with E-state index in [0.717, 1.165) is 5.56 Å². The minimum Gasteiger partial charge on any atom is -0.309 e. The molecule has 1 unspecified atom stereocenters. The van der Waals surface area contributed by atoms with Gasteiger partial charge < -0.3 is 5.32 Å². The molecule has 0 aliphatic carbocycles. The fourth-order valence-corrected chi connectivity index (χ4v) is 2.70. The Labute approximate surface area is 121 Å². The second kappa shape index (κ2) is 5.80. The molecule has 0 saturated carbocycles. The first-order chi connectivity index (χ1) is 8.63. The van der Waals surface area contributed by atoms with Crippen molar-refractivity contribution >= 4 is 22.6 Å². The van der Waals surface area contributed by atoms with Crippen LogP contribution in [-0.2, 0) is 0 Å². The van der Waals surface area contributed by atoms with Crippen LogP contribution >= 0.6 is 22.6 Å². The van der Waals surface area contributed by atoms with Crippen molar-refractivity contribution in [3.05, 3.63) is 68.5 Å². The highest BCUT2D eigenvalue weighted by atomic mass is 127. The Balaban J connectivity index is 2.45. The van der Waals surface area contributed by atoms with Gasteiger partial charge in [-0.2, -0.15) is 0 Å². The molecule has 1 atom stereocenters. The average Bonchev–Trinajstić information content (AvgIpc) is 2.37. The number of hydrogen-bond donors (Lipinski definition) is 1. The largest absolute Gasteiger partial charge is 0.309 e. The van der Waals surface area contributed by atoms with E-state index in [1.165, 1.54) is 9.13 Å². The normalized spacial score (nSPS) is 12.4. The van der Waals surface area contributed by atoms with E-state index in [4.69, 9.17) is 0 Å². The van der Waals surface area contributed by atoms with E-state index in [1.807, 2.05) is 31.3 Å². The van der Waals surface area contributed by atoms with Gasteiger partial charge in [0, 0.05) is 3.57 Å². The molecule has 0 spiro atoms. The molecule has 0 radical (unpaired) electrons. The Morgan fingerprint density at radius 1 is 1.17 bits per heavy atom. The quantitative estimate of drug-likeness (QED) is 0.820. The molecule has 2 aromatic carbocycles. The summed E-state index contributed by atoms with van der Waals surface area (Å²) < 4.78 is 14.8. The highest BCUT2D eigenvalue weighted by Gasteiger charge is 2.15. The summed E-state index contributed by atoms with van der Waals surface area (Å²) in [5, 5.41) is 3.25. The third kappa shape index (κ3) is 2.72. The lowest BCUT2D eigenvalue weighted by atomic mass is 9.98. The van der Waals surface area contributed by atoms with Crippen molar-refractivity contribution < 1.29 is 4.39 Å². The van der Waals surface area contributed by atoms with Crippen molar-refractivity contribution in [3.8, 4) is 0 Å². The molecule has 18 heavy (non-hydrogen) atoms. The summed E-state index contributed by atoms with van der Waals surface area (Å²) in [5.74, 6) is -0.154. The molecule has 0 fully saturated rings. The maximum Gasteiger partial charge on any atom is 0.126 e. The predicted octanol–water partition coefficient (Wildman–Crippen LogP) is 4.05. The Kier molecular flexibility index (Phi) is 4.35. The summed E-state index contributed by atoms with van der Waals surface area (Å²) in [6, 6.07) is 13.6. The van der Waals surface area contributed by atoms with E-state index >= 15 is 0 Å². The number of hydrogen-bond acceptors (Lipinski definition) is 1. The van der Waals surface area contributed by atoms with Crippen molar-refractivity contribution in [2.24, 2.45) is 0 Å². The lowest BCUT2D eigenvalue weighted by molar-refractivity contribution is 0.608. The molecular weight excluding hydrogens is 340 g/mol. The number of rotatable bonds is 3. The van der Waals surface area contributed by atoms with Gasteiger partial charge in [-0.05, 0) is 65.4 Å². The van der Waals surface area contributed by atoms with E-state index < -0.39 is 0 Å². The molecule has 2 aromatic rings. The maximum atomic E-state index is 13.7. The summed E-state index contributed by atoms with van der Waals surface area (Å²) in [6.07, 6.45) is 0. The highest BCUT2D eigenvalue weighted by molar-refractivity contribution is 14.1. The van der Waals surface area contributed by atoms with E-state index in [9.17, 15) is 4.39 Å². The van der Waals surface area contributed by atoms with Crippen LogP contribution in [-0.4, -0.2) is 7.05 Å². The molecule has 0 heterocycles. The first-order valence-corrected chi connectivity index (χ1v) is 6.89.